The number of imide groups is 1. The van der Waals surface area contributed by atoms with Crippen LogP contribution in [-0.2, 0) is 14.4 Å². The first kappa shape index (κ1) is 22.7. The Morgan fingerprint density at radius 3 is 2.00 bits per heavy atom. The minimum absolute atomic E-state index is 0.286. The highest BCUT2D eigenvalue weighted by molar-refractivity contribution is 6.23. The fraction of sp³-hybridized carbons (Fsp3) is 0.231. The van der Waals surface area contributed by atoms with Crippen molar-refractivity contribution in [3.63, 3.8) is 0 Å². The largest absolute Gasteiger partial charge is 0.493 e. The second kappa shape index (κ2) is 8.92. The van der Waals surface area contributed by atoms with Crippen LogP contribution in [0.25, 0.3) is 0 Å². The summed E-state index contributed by atoms with van der Waals surface area (Å²) in [5.41, 5.74) is 1.60. The van der Waals surface area contributed by atoms with E-state index in [2.05, 4.69) is 0 Å². The van der Waals surface area contributed by atoms with Gasteiger partial charge in [0.1, 0.15) is 11.7 Å². The second-order valence-corrected chi connectivity index (χ2v) is 8.10. The number of para-hydroxylation sites is 1. The molecule has 180 valence electrons. The summed E-state index contributed by atoms with van der Waals surface area (Å²) in [5, 5.41) is 1.58. The van der Waals surface area contributed by atoms with E-state index in [9.17, 15) is 14.0 Å². The lowest BCUT2D eigenvalue weighted by molar-refractivity contribution is -0.126. The number of carbonyl (C=O) groups excluding carboxylic acids is 2. The Bertz CT molecular complexity index is 1240. The van der Waals surface area contributed by atoms with Crippen LogP contribution in [0.3, 0.4) is 0 Å². The number of hydroxylamine groups is 1. The molecule has 0 bridgehead atoms. The van der Waals surface area contributed by atoms with Crippen molar-refractivity contribution in [1.82, 2.24) is 0 Å². The predicted octanol–water partition coefficient (Wildman–Crippen LogP) is 3.90. The van der Waals surface area contributed by atoms with Gasteiger partial charge in [-0.2, -0.15) is 0 Å². The number of halogens is 1. The normalized spacial score (nSPS) is 21.3. The van der Waals surface area contributed by atoms with Crippen LogP contribution in [0.1, 0.15) is 11.6 Å². The lowest BCUT2D eigenvalue weighted by Crippen LogP contribution is -2.37. The van der Waals surface area contributed by atoms with Gasteiger partial charge < -0.3 is 14.2 Å². The molecule has 5 rings (SSSR count). The maximum Gasteiger partial charge on any atom is 0.266 e. The minimum atomic E-state index is -1.06. The molecule has 0 unspecified atom stereocenters. The molecule has 0 saturated carbocycles. The number of carbonyl (C=O) groups is 2. The van der Waals surface area contributed by atoms with E-state index in [1.807, 2.05) is 30.3 Å². The molecule has 3 aromatic carbocycles. The SMILES string of the molecule is COc1cc([C@@H]2[C@H]3C(=O)N(c4ccc(F)cc4)C(=O)[C@@H]3ON2c2ccccc2)cc(OC)c1OC. The summed E-state index contributed by atoms with van der Waals surface area (Å²) in [4.78, 5) is 34.3. The number of hydrogen-bond donors (Lipinski definition) is 0. The molecule has 9 heteroatoms. The zero-order chi connectivity index (χ0) is 24.7. The molecule has 35 heavy (non-hydrogen) atoms. The third-order valence-electron chi connectivity index (χ3n) is 6.24. The molecule has 8 nitrogen and oxygen atoms in total. The van der Waals surface area contributed by atoms with E-state index in [4.69, 9.17) is 19.0 Å². The van der Waals surface area contributed by atoms with E-state index in [0.717, 1.165) is 4.90 Å². The molecule has 2 amide bonds. The number of rotatable bonds is 6. The molecule has 3 atom stereocenters. The molecule has 0 aliphatic carbocycles. The van der Waals surface area contributed by atoms with Crippen LogP contribution in [0.2, 0.25) is 0 Å². The summed E-state index contributed by atoms with van der Waals surface area (Å²) in [6.45, 7) is 0. The number of anilines is 2. The molecule has 0 radical (unpaired) electrons. The third-order valence-corrected chi connectivity index (χ3v) is 6.24. The van der Waals surface area contributed by atoms with Crippen molar-refractivity contribution in [2.45, 2.75) is 12.1 Å². The lowest BCUT2D eigenvalue weighted by Gasteiger charge is -2.29. The molecule has 2 aliphatic heterocycles. The second-order valence-electron chi connectivity index (χ2n) is 8.10. The van der Waals surface area contributed by atoms with Crippen LogP contribution in [0, 0.1) is 11.7 Å². The Labute approximate surface area is 201 Å². The van der Waals surface area contributed by atoms with Crippen molar-refractivity contribution in [1.29, 1.82) is 0 Å². The van der Waals surface area contributed by atoms with Crippen molar-refractivity contribution < 1.29 is 33.0 Å². The summed E-state index contributed by atoms with van der Waals surface area (Å²) in [7, 11) is 4.51. The van der Waals surface area contributed by atoms with Gasteiger partial charge in [-0.25, -0.2) is 14.4 Å². The van der Waals surface area contributed by atoms with Gasteiger partial charge in [0.25, 0.3) is 5.91 Å². The van der Waals surface area contributed by atoms with Crippen molar-refractivity contribution in [3.05, 3.63) is 78.1 Å². The van der Waals surface area contributed by atoms with Crippen LogP contribution >= 0.6 is 0 Å². The first-order chi connectivity index (χ1) is 17.0. The Morgan fingerprint density at radius 1 is 0.800 bits per heavy atom. The topological polar surface area (TPSA) is 77.5 Å². The van der Waals surface area contributed by atoms with Crippen LogP contribution < -0.4 is 24.2 Å². The minimum Gasteiger partial charge on any atom is -0.493 e. The van der Waals surface area contributed by atoms with Crippen molar-refractivity contribution in [2.24, 2.45) is 5.92 Å². The van der Waals surface area contributed by atoms with Gasteiger partial charge in [0.2, 0.25) is 11.7 Å². The average Bonchev–Trinajstić information content (AvgIpc) is 3.40. The third kappa shape index (κ3) is 3.64. The molecule has 2 fully saturated rings. The highest BCUT2D eigenvalue weighted by atomic mass is 19.1. The van der Waals surface area contributed by atoms with Crippen LogP contribution in [0.5, 0.6) is 17.2 Å². The zero-order valence-electron chi connectivity index (χ0n) is 19.3. The van der Waals surface area contributed by atoms with E-state index in [1.165, 1.54) is 45.6 Å². The predicted molar refractivity (Wildman–Crippen MR) is 125 cm³/mol. The quantitative estimate of drug-likeness (QED) is 0.498. The van der Waals surface area contributed by atoms with Gasteiger partial charge in [0.15, 0.2) is 17.6 Å². The maximum atomic E-state index is 13.7. The fourth-order valence-corrected chi connectivity index (χ4v) is 4.67. The molecule has 2 heterocycles. The molecule has 0 spiro atoms. The van der Waals surface area contributed by atoms with Crippen LogP contribution in [0.4, 0.5) is 15.8 Å². The standard InChI is InChI=1S/C26H23FN2O6/c1-32-19-13-15(14-20(33-2)23(19)34-3)22-21-24(35-29(22)18-7-5-4-6-8-18)26(31)28(25(21)30)17-11-9-16(27)10-12-17/h4-14,21-22,24H,1-3H3/t21-,22-,24-/m1/s1. The first-order valence-corrected chi connectivity index (χ1v) is 10.9. The Balaban J connectivity index is 1.64. The number of nitrogens with zero attached hydrogens (tertiary/aromatic N) is 2. The number of fused-ring (bicyclic) bond motifs is 1. The number of hydrogen-bond acceptors (Lipinski definition) is 7. The van der Waals surface area contributed by atoms with Gasteiger partial charge in [0, 0.05) is 0 Å². The smallest absolute Gasteiger partial charge is 0.266 e. The van der Waals surface area contributed by atoms with Gasteiger partial charge in [0.05, 0.1) is 38.7 Å². The van der Waals surface area contributed by atoms with Crippen LogP contribution in [-0.4, -0.2) is 39.2 Å². The summed E-state index contributed by atoms with van der Waals surface area (Å²) in [6, 6.07) is 17.2. The Hall–Kier alpha value is -4.11. The van der Waals surface area contributed by atoms with Gasteiger partial charge in [-0.1, -0.05) is 18.2 Å². The van der Waals surface area contributed by atoms with Gasteiger partial charge in [-0.3, -0.25) is 14.4 Å². The van der Waals surface area contributed by atoms with Crippen molar-refractivity contribution in [3.8, 4) is 17.2 Å². The fourth-order valence-electron chi connectivity index (χ4n) is 4.67. The summed E-state index contributed by atoms with van der Waals surface area (Å²) >= 11 is 0. The van der Waals surface area contributed by atoms with E-state index < -0.39 is 35.7 Å². The molecule has 3 aromatic rings. The highest BCUT2D eigenvalue weighted by Gasteiger charge is 2.60. The maximum absolute atomic E-state index is 13.7. The Kier molecular flexibility index (Phi) is 5.78. The van der Waals surface area contributed by atoms with E-state index in [1.54, 1.807) is 17.2 Å². The monoisotopic (exact) mass is 478 g/mol. The molecular weight excluding hydrogens is 455 g/mol. The van der Waals surface area contributed by atoms with E-state index in [0.29, 0.717) is 28.5 Å². The summed E-state index contributed by atoms with van der Waals surface area (Å²) in [6.07, 6.45) is -1.06. The molecule has 0 aromatic heterocycles. The summed E-state index contributed by atoms with van der Waals surface area (Å²) < 4.78 is 30.0. The Morgan fingerprint density at radius 2 is 1.43 bits per heavy atom. The van der Waals surface area contributed by atoms with E-state index >= 15 is 0 Å². The van der Waals surface area contributed by atoms with Crippen molar-refractivity contribution >= 4 is 23.2 Å². The van der Waals surface area contributed by atoms with Gasteiger partial charge in [-0.15, -0.1) is 0 Å². The molecule has 0 N–H and O–H groups in total. The average molecular weight is 478 g/mol. The first-order valence-electron chi connectivity index (χ1n) is 10.9. The highest BCUT2D eigenvalue weighted by Crippen LogP contribution is 2.50. The molecule has 2 saturated heterocycles. The van der Waals surface area contributed by atoms with Gasteiger partial charge in [-0.05, 0) is 54.1 Å². The number of methoxy groups -OCH3 is 3. The van der Waals surface area contributed by atoms with Gasteiger partial charge >= 0.3 is 0 Å². The summed E-state index contributed by atoms with van der Waals surface area (Å²) in [5.74, 6) is -1.06. The number of ether oxygens (including phenoxy) is 3. The lowest BCUT2D eigenvalue weighted by atomic mass is 9.90. The van der Waals surface area contributed by atoms with Crippen LogP contribution in [0.15, 0.2) is 66.7 Å². The van der Waals surface area contributed by atoms with Crippen molar-refractivity contribution in [2.75, 3.05) is 31.3 Å². The molecular formula is C26H23FN2O6. The zero-order valence-corrected chi connectivity index (χ0v) is 19.3. The number of amides is 2. The number of benzene rings is 3. The van der Waals surface area contributed by atoms with E-state index in [-0.39, 0.29) is 5.69 Å². The molecule has 2 aliphatic rings.